The first-order chi connectivity index (χ1) is 18.9. The first-order valence-corrected chi connectivity index (χ1v) is 13.2. The largest absolute Gasteiger partial charge is 0.379 e. The molecule has 1 fully saturated rings. The van der Waals surface area contributed by atoms with Gasteiger partial charge in [0.05, 0.1) is 13.2 Å². The second-order valence-corrected chi connectivity index (χ2v) is 9.98. The molecule has 202 valence electrons. The normalized spacial score (nSPS) is 13.9. The Kier molecular flexibility index (Phi) is 8.05. The van der Waals surface area contributed by atoms with E-state index >= 15 is 0 Å². The summed E-state index contributed by atoms with van der Waals surface area (Å²) >= 11 is 0. The maximum Gasteiger partial charge on any atom is 0.267 e. The van der Waals surface area contributed by atoms with Crippen molar-refractivity contribution in [2.45, 2.75) is 20.4 Å². The van der Waals surface area contributed by atoms with Gasteiger partial charge in [-0.05, 0) is 79.1 Å². The average Bonchev–Trinajstić information content (AvgIpc) is 3.28. The Bertz CT molecular complexity index is 1510. The van der Waals surface area contributed by atoms with Crippen LogP contribution in [0.15, 0.2) is 66.7 Å². The van der Waals surface area contributed by atoms with Crippen LogP contribution in [-0.4, -0.2) is 60.7 Å². The van der Waals surface area contributed by atoms with Crippen LogP contribution >= 0.6 is 0 Å². The lowest BCUT2D eigenvalue weighted by molar-refractivity contribution is 0.0383. The Morgan fingerprint density at radius 2 is 1.74 bits per heavy atom. The molecule has 7 nitrogen and oxygen atoms in total. The van der Waals surface area contributed by atoms with Crippen molar-refractivity contribution in [2.75, 3.05) is 44.7 Å². The van der Waals surface area contributed by atoms with Crippen LogP contribution in [0.3, 0.4) is 0 Å². The topological polar surface area (TPSA) is 75.6 Å². The molecular weight excluding hydrogens is 495 g/mol. The number of hydrogen-bond donors (Lipinski definition) is 2. The molecule has 5 rings (SSSR count). The predicted molar refractivity (Wildman–Crippen MR) is 151 cm³/mol. The predicted octanol–water partition coefficient (Wildman–Crippen LogP) is 4.76. The number of amides is 2. The van der Waals surface area contributed by atoms with Gasteiger partial charge in [0.25, 0.3) is 11.8 Å². The summed E-state index contributed by atoms with van der Waals surface area (Å²) in [5.74, 6) is -0.717. The van der Waals surface area contributed by atoms with E-state index in [1.54, 1.807) is 6.07 Å². The van der Waals surface area contributed by atoms with E-state index in [0.717, 1.165) is 47.2 Å². The molecule has 2 heterocycles. The molecular formula is C31H33FN4O3. The van der Waals surface area contributed by atoms with Crippen molar-refractivity contribution >= 4 is 28.4 Å². The standard InChI is InChI=1S/C31H33FN4O3/c1-21-6-7-24(16-22(21)2)30(37)34-27-8-9-28-25(18-27)19-29(36(28)20-23-4-3-5-26(32)17-23)31(38)33-10-11-35-12-14-39-15-13-35/h3-9,16-19H,10-15,20H2,1-2H3,(H,33,38)(H,34,37). The zero-order valence-corrected chi connectivity index (χ0v) is 22.3. The third-order valence-electron chi connectivity index (χ3n) is 7.21. The second-order valence-electron chi connectivity index (χ2n) is 9.98. The van der Waals surface area contributed by atoms with E-state index in [2.05, 4.69) is 15.5 Å². The summed E-state index contributed by atoms with van der Waals surface area (Å²) in [6.07, 6.45) is 0. The molecule has 1 aliphatic rings. The molecule has 39 heavy (non-hydrogen) atoms. The van der Waals surface area contributed by atoms with Crippen molar-refractivity contribution in [2.24, 2.45) is 0 Å². The molecule has 0 radical (unpaired) electrons. The van der Waals surface area contributed by atoms with Crippen LogP contribution in [-0.2, 0) is 11.3 Å². The average molecular weight is 529 g/mol. The second kappa shape index (κ2) is 11.8. The van der Waals surface area contributed by atoms with Crippen molar-refractivity contribution < 1.29 is 18.7 Å². The summed E-state index contributed by atoms with van der Waals surface area (Å²) in [6, 6.07) is 19.4. The molecule has 4 aromatic rings. The van der Waals surface area contributed by atoms with Crippen LogP contribution in [0, 0.1) is 19.7 Å². The summed E-state index contributed by atoms with van der Waals surface area (Å²) in [4.78, 5) is 28.5. The number of rotatable bonds is 8. The SMILES string of the molecule is Cc1ccc(C(=O)Nc2ccc3c(c2)cc(C(=O)NCCN2CCOCC2)n3Cc2cccc(F)c2)cc1C. The number of anilines is 1. The van der Waals surface area contributed by atoms with E-state index in [9.17, 15) is 14.0 Å². The highest BCUT2D eigenvalue weighted by Gasteiger charge is 2.18. The lowest BCUT2D eigenvalue weighted by Gasteiger charge is -2.26. The Morgan fingerprint density at radius 3 is 2.51 bits per heavy atom. The first kappa shape index (κ1) is 26.6. The third-order valence-corrected chi connectivity index (χ3v) is 7.21. The molecule has 0 spiro atoms. The number of nitrogens with zero attached hydrogens (tertiary/aromatic N) is 2. The minimum absolute atomic E-state index is 0.197. The Labute approximate surface area is 227 Å². The van der Waals surface area contributed by atoms with E-state index < -0.39 is 0 Å². The van der Waals surface area contributed by atoms with Gasteiger partial charge in [0.2, 0.25) is 0 Å². The summed E-state index contributed by atoms with van der Waals surface area (Å²) in [5.41, 5.74) is 5.45. The fourth-order valence-electron chi connectivity index (χ4n) is 4.85. The van der Waals surface area contributed by atoms with E-state index in [4.69, 9.17) is 4.74 Å². The fraction of sp³-hybridized carbons (Fsp3) is 0.290. The number of aromatic nitrogens is 1. The number of benzene rings is 3. The minimum atomic E-state index is -0.322. The number of hydrogen-bond acceptors (Lipinski definition) is 4. The fourth-order valence-corrected chi connectivity index (χ4v) is 4.85. The lowest BCUT2D eigenvalue weighted by Crippen LogP contribution is -2.41. The number of carbonyl (C=O) groups is 2. The lowest BCUT2D eigenvalue weighted by atomic mass is 10.1. The Hall–Kier alpha value is -4.01. The number of fused-ring (bicyclic) bond motifs is 1. The van der Waals surface area contributed by atoms with Gasteiger partial charge in [0, 0.05) is 54.9 Å². The zero-order chi connectivity index (χ0) is 27.4. The maximum atomic E-state index is 13.9. The summed E-state index contributed by atoms with van der Waals surface area (Å²) in [7, 11) is 0. The van der Waals surface area contributed by atoms with Crippen LogP contribution in [0.5, 0.6) is 0 Å². The van der Waals surface area contributed by atoms with Crippen LogP contribution in [0.2, 0.25) is 0 Å². The van der Waals surface area contributed by atoms with E-state index in [1.807, 2.05) is 66.9 Å². The maximum absolute atomic E-state index is 13.9. The number of ether oxygens (including phenoxy) is 1. The Morgan fingerprint density at radius 1 is 0.923 bits per heavy atom. The summed E-state index contributed by atoms with van der Waals surface area (Å²) in [5, 5.41) is 6.81. The van der Waals surface area contributed by atoms with E-state index in [0.29, 0.717) is 43.2 Å². The number of aryl methyl sites for hydroxylation is 2. The number of nitrogens with one attached hydrogen (secondary N) is 2. The highest BCUT2D eigenvalue weighted by molar-refractivity contribution is 6.06. The minimum Gasteiger partial charge on any atom is -0.379 e. The molecule has 3 aromatic carbocycles. The van der Waals surface area contributed by atoms with Crippen molar-refractivity contribution in [1.82, 2.24) is 14.8 Å². The van der Waals surface area contributed by atoms with Gasteiger partial charge in [-0.3, -0.25) is 14.5 Å². The highest BCUT2D eigenvalue weighted by atomic mass is 19.1. The van der Waals surface area contributed by atoms with Crippen molar-refractivity contribution in [3.05, 3.63) is 100 Å². The molecule has 2 N–H and O–H groups in total. The number of halogens is 1. The van der Waals surface area contributed by atoms with Crippen molar-refractivity contribution in [3.63, 3.8) is 0 Å². The summed E-state index contributed by atoms with van der Waals surface area (Å²) < 4.78 is 21.2. The molecule has 1 saturated heterocycles. The van der Waals surface area contributed by atoms with Gasteiger partial charge >= 0.3 is 0 Å². The van der Waals surface area contributed by atoms with Crippen LogP contribution < -0.4 is 10.6 Å². The number of carbonyl (C=O) groups excluding carboxylic acids is 2. The molecule has 0 unspecified atom stereocenters. The van der Waals surface area contributed by atoms with Gasteiger partial charge in [-0.15, -0.1) is 0 Å². The molecule has 2 amide bonds. The highest BCUT2D eigenvalue weighted by Crippen LogP contribution is 2.26. The van der Waals surface area contributed by atoms with Gasteiger partial charge < -0.3 is 19.9 Å². The van der Waals surface area contributed by atoms with E-state index in [1.165, 1.54) is 12.1 Å². The van der Waals surface area contributed by atoms with Gasteiger partial charge in [-0.2, -0.15) is 0 Å². The van der Waals surface area contributed by atoms with Crippen LogP contribution in [0.4, 0.5) is 10.1 Å². The third kappa shape index (κ3) is 6.35. The van der Waals surface area contributed by atoms with Gasteiger partial charge in [0.1, 0.15) is 11.5 Å². The van der Waals surface area contributed by atoms with Crippen molar-refractivity contribution in [3.8, 4) is 0 Å². The monoisotopic (exact) mass is 528 g/mol. The van der Waals surface area contributed by atoms with Crippen molar-refractivity contribution in [1.29, 1.82) is 0 Å². The zero-order valence-electron chi connectivity index (χ0n) is 22.3. The van der Waals surface area contributed by atoms with Crippen LogP contribution in [0.25, 0.3) is 10.9 Å². The molecule has 0 saturated carbocycles. The molecule has 0 aliphatic carbocycles. The molecule has 1 aromatic heterocycles. The first-order valence-electron chi connectivity index (χ1n) is 13.2. The van der Waals surface area contributed by atoms with Gasteiger partial charge in [-0.25, -0.2) is 4.39 Å². The Balaban J connectivity index is 1.39. The molecule has 0 bridgehead atoms. The van der Waals surface area contributed by atoms with Gasteiger partial charge in [0.15, 0.2) is 0 Å². The van der Waals surface area contributed by atoms with E-state index in [-0.39, 0.29) is 17.6 Å². The smallest absolute Gasteiger partial charge is 0.267 e. The molecule has 1 aliphatic heterocycles. The molecule has 8 heteroatoms. The summed E-state index contributed by atoms with van der Waals surface area (Å²) in [6.45, 7) is 8.70. The van der Waals surface area contributed by atoms with Crippen LogP contribution in [0.1, 0.15) is 37.5 Å². The quantitative estimate of drug-likeness (QED) is 0.346. The number of morpholine rings is 1. The van der Waals surface area contributed by atoms with Gasteiger partial charge in [-0.1, -0.05) is 18.2 Å². The molecule has 0 atom stereocenters.